The molecular weight excluding hydrogens is 452 g/mol. The molecule has 4 aliphatic rings. The van der Waals surface area contributed by atoms with Gasteiger partial charge in [-0.25, -0.2) is 0 Å². The van der Waals surface area contributed by atoms with Crippen LogP contribution in [0.1, 0.15) is 85.6 Å². The fraction of sp³-hybridized carbons (Fsp3) is 0.677. The molecule has 1 aromatic carbocycles. The van der Waals surface area contributed by atoms with Crippen molar-refractivity contribution in [3.63, 3.8) is 0 Å². The Kier molecular flexibility index (Phi) is 5.71. The summed E-state index contributed by atoms with van der Waals surface area (Å²) in [5, 5.41) is 24.8. The van der Waals surface area contributed by atoms with Crippen LogP contribution in [0.15, 0.2) is 41.5 Å². The molecule has 196 valence electrons. The van der Waals surface area contributed by atoms with Crippen molar-refractivity contribution in [3.05, 3.63) is 47.0 Å². The normalized spacial score (nSPS) is 45.5. The second-order valence-corrected chi connectivity index (χ2v) is 13.2. The van der Waals surface area contributed by atoms with Gasteiger partial charge in [0.2, 0.25) is 0 Å². The maximum Gasteiger partial charge on any atom is 0.303 e. The monoisotopic (exact) mass is 494 g/mol. The highest BCUT2D eigenvalue weighted by molar-refractivity contribution is 5.95. The number of ketones is 1. The summed E-state index contributed by atoms with van der Waals surface area (Å²) in [5.74, 6) is -1.12. The van der Waals surface area contributed by atoms with Crippen molar-refractivity contribution in [1.82, 2.24) is 0 Å². The summed E-state index contributed by atoms with van der Waals surface area (Å²) in [5.41, 5.74) is -0.729. The Morgan fingerprint density at radius 1 is 1.11 bits per heavy atom. The number of ether oxygens (including phenoxy) is 1. The third kappa shape index (κ3) is 3.08. The molecule has 0 radical (unpaired) electrons. The Labute approximate surface area is 215 Å². The molecule has 0 spiro atoms. The number of Topliss-reactive ketones (excluding diaryl/α,β-unsaturated/α-hetero) is 1. The molecule has 0 aromatic heterocycles. The first-order valence-corrected chi connectivity index (χ1v) is 13.6. The van der Waals surface area contributed by atoms with Gasteiger partial charge in [-0.1, -0.05) is 63.6 Å². The molecule has 5 nitrogen and oxygen atoms in total. The van der Waals surface area contributed by atoms with Crippen molar-refractivity contribution in [2.45, 2.75) is 97.9 Å². The van der Waals surface area contributed by atoms with Crippen LogP contribution in [-0.2, 0) is 14.3 Å². The lowest BCUT2D eigenvalue weighted by atomic mass is 9.35. The van der Waals surface area contributed by atoms with E-state index >= 15 is 0 Å². The number of aliphatic hydroxyl groups is 2. The first kappa shape index (κ1) is 25.7. The Bertz CT molecular complexity index is 1120. The van der Waals surface area contributed by atoms with E-state index in [-0.39, 0.29) is 29.0 Å². The molecule has 0 amide bonds. The van der Waals surface area contributed by atoms with E-state index in [0.717, 1.165) is 24.0 Å². The minimum absolute atomic E-state index is 0.0120. The zero-order valence-electron chi connectivity index (χ0n) is 22.8. The van der Waals surface area contributed by atoms with Gasteiger partial charge in [-0.15, -0.1) is 0 Å². The Hall–Kier alpha value is -1.98. The Morgan fingerprint density at radius 2 is 1.75 bits per heavy atom. The molecule has 3 fully saturated rings. The van der Waals surface area contributed by atoms with Gasteiger partial charge in [-0.2, -0.15) is 0 Å². The summed E-state index contributed by atoms with van der Waals surface area (Å²) in [7, 11) is 0. The van der Waals surface area contributed by atoms with Crippen LogP contribution in [0.2, 0.25) is 0 Å². The lowest BCUT2D eigenvalue weighted by molar-refractivity contribution is -0.231. The molecule has 0 aliphatic heterocycles. The van der Waals surface area contributed by atoms with Gasteiger partial charge in [-0.05, 0) is 73.8 Å². The third-order valence-electron chi connectivity index (χ3n) is 11.4. The van der Waals surface area contributed by atoms with Gasteiger partial charge in [0.25, 0.3) is 0 Å². The number of aliphatic hydroxyl groups excluding tert-OH is 1. The van der Waals surface area contributed by atoms with Crippen molar-refractivity contribution in [2.75, 3.05) is 0 Å². The molecule has 2 N–H and O–H groups in total. The number of carbonyl (C=O) groups is 2. The number of carbonyl (C=O) groups excluding carboxylic acids is 2. The SMILES string of the molecule is CC(=O)O[C@H]1C(=O)[C@@]2(C)C([C@H](c3ccccc3)[C@]3(O)C[C@H](C)C(C)=C1C3(C)C)[C@]1(C)CC[C@@H]1C[C@@H]2O. The van der Waals surface area contributed by atoms with Crippen LogP contribution in [0.25, 0.3) is 0 Å². The van der Waals surface area contributed by atoms with E-state index < -0.39 is 34.6 Å². The molecular formula is C31H42O5. The number of esters is 1. The number of fused-ring (bicyclic) bond motifs is 5. The van der Waals surface area contributed by atoms with Gasteiger partial charge in [0.1, 0.15) is 0 Å². The predicted octanol–water partition coefficient (Wildman–Crippen LogP) is 5.20. The highest BCUT2D eigenvalue weighted by Gasteiger charge is 2.73. The highest BCUT2D eigenvalue weighted by Crippen LogP contribution is 2.72. The van der Waals surface area contributed by atoms with Crippen molar-refractivity contribution >= 4 is 11.8 Å². The average Bonchev–Trinajstić information content (AvgIpc) is 2.80. The Balaban J connectivity index is 1.89. The van der Waals surface area contributed by atoms with Crippen LogP contribution in [-0.4, -0.2) is 39.8 Å². The van der Waals surface area contributed by atoms with Crippen LogP contribution < -0.4 is 0 Å². The molecule has 4 aliphatic carbocycles. The summed E-state index contributed by atoms with van der Waals surface area (Å²) in [4.78, 5) is 27.2. The number of benzene rings is 1. The molecule has 3 saturated carbocycles. The van der Waals surface area contributed by atoms with Gasteiger partial charge in [0, 0.05) is 18.3 Å². The first-order valence-electron chi connectivity index (χ1n) is 13.6. The number of allylic oxidation sites excluding steroid dienone is 1. The van der Waals surface area contributed by atoms with Crippen molar-refractivity contribution in [1.29, 1.82) is 0 Å². The van der Waals surface area contributed by atoms with Crippen molar-refractivity contribution < 1.29 is 24.5 Å². The zero-order valence-corrected chi connectivity index (χ0v) is 22.8. The van der Waals surface area contributed by atoms with E-state index in [2.05, 4.69) is 26.0 Å². The third-order valence-corrected chi connectivity index (χ3v) is 11.4. The smallest absolute Gasteiger partial charge is 0.303 e. The minimum Gasteiger partial charge on any atom is -0.450 e. The number of hydrogen-bond donors (Lipinski definition) is 2. The van der Waals surface area contributed by atoms with Gasteiger partial charge in [0.05, 0.1) is 17.1 Å². The number of hydrogen-bond acceptors (Lipinski definition) is 5. The van der Waals surface area contributed by atoms with E-state index in [0.29, 0.717) is 24.3 Å². The largest absolute Gasteiger partial charge is 0.450 e. The van der Waals surface area contributed by atoms with Crippen LogP contribution in [0.5, 0.6) is 0 Å². The fourth-order valence-electron chi connectivity index (χ4n) is 9.06. The van der Waals surface area contributed by atoms with Gasteiger partial charge in [-0.3, -0.25) is 9.59 Å². The molecule has 36 heavy (non-hydrogen) atoms. The standard InChI is InChI=1S/C31H42O5/c1-17-16-31(35)24(20-11-9-8-10-12-20)26-29(6)14-13-21(29)15-22(33)30(26,7)27(34)25(36-19(3)32)23(18(17)2)28(31,4)5/h8-12,17,21-22,24-26,33,35H,13-16H2,1-7H3/t17-,21+,22-,24-,25+,26?,29+,30+,31+/m0/s1. The van der Waals surface area contributed by atoms with Crippen molar-refractivity contribution in [3.8, 4) is 0 Å². The molecule has 2 bridgehead atoms. The highest BCUT2D eigenvalue weighted by atomic mass is 16.5. The molecule has 0 saturated heterocycles. The summed E-state index contributed by atoms with van der Waals surface area (Å²) in [6.07, 6.45) is 1.07. The molecule has 1 unspecified atom stereocenters. The van der Waals surface area contributed by atoms with Crippen LogP contribution in [0.4, 0.5) is 0 Å². The van der Waals surface area contributed by atoms with Crippen LogP contribution in [0.3, 0.4) is 0 Å². The molecule has 1 aromatic rings. The fourth-order valence-corrected chi connectivity index (χ4v) is 9.06. The van der Waals surface area contributed by atoms with E-state index in [1.54, 1.807) is 0 Å². The maximum atomic E-state index is 14.8. The van der Waals surface area contributed by atoms with Gasteiger partial charge < -0.3 is 14.9 Å². The predicted molar refractivity (Wildman–Crippen MR) is 138 cm³/mol. The molecule has 5 rings (SSSR count). The summed E-state index contributed by atoms with van der Waals surface area (Å²) < 4.78 is 5.87. The zero-order chi connectivity index (χ0) is 26.4. The summed E-state index contributed by atoms with van der Waals surface area (Å²) >= 11 is 0. The molecule has 9 atom stereocenters. The molecule has 5 heteroatoms. The lowest BCUT2D eigenvalue weighted by Crippen LogP contribution is -2.72. The average molecular weight is 495 g/mol. The summed E-state index contributed by atoms with van der Waals surface area (Å²) in [6, 6.07) is 10.1. The van der Waals surface area contributed by atoms with Crippen LogP contribution in [0, 0.1) is 34.0 Å². The van der Waals surface area contributed by atoms with E-state index in [4.69, 9.17) is 4.74 Å². The van der Waals surface area contributed by atoms with Gasteiger partial charge >= 0.3 is 5.97 Å². The van der Waals surface area contributed by atoms with Crippen LogP contribution >= 0.6 is 0 Å². The summed E-state index contributed by atoms with van der Waals surface area (Å²) in [6.45, 7) is 13.6. The van der Waals surface area contributed by atoms with Gasteiger partial charge in [0.15, 0.2) is 11.9 Å². The second-order valence-electron chi connectivity index (χ2n) is 13.2. The topological polar surface area (TPSA) is 83.8 Å². The Morgan fingerprint density at radius 3 is 2.31 bits per heavy atom. The van der Waals surface area contributed by atoms with E-state index in [1.807, 2.05) is 45.9 Å². The quantitative estimate of drug-likeness (QED) is 0.436. The first-order chi connectivity index (χ1) is 16.7. The maximum absolute atomic E-state index is 14.8. The lowest BCUT2D eigenvalue weighted by Gasteiger charge is -2.69. The second kappa shape index (κ2) is 8.01. The van der Waals surface area contributed by atoms with Crippen molar-refractivity contribution in [2.24, 2.45) is 34.0 Å². The minimum atomic E-state index is -1.21. The van der Waals surface area contributed by atoms with E-state index in [9.17, 15) is 19.8 Å². The number of rotatable bonds is 2. The van der Waals surface area contributed by atoms with E-state index in [1.165, 1.54) is 6.92 Å². The molecule has 0 heterocycles.